The molecule has 12 heteroatoms. The molecule has 2 aliphatic rings. The van der Waals surface area contributed by atoms with Crippen LogP contribution in [0.15, 0.2) is 47.4 Å². The summed E-state index contributed by atoms with van der Waals surface area (Å²) in [5.74, 6) is -2.55. The van der Waals surface area contributed by atoms with E-state index in [1.165, 1.54) is 29.2 Å². The van der Waals surface area contributed by atoms with Crippen molar-refractivity contribution >= 4 is 21.7 Å². The third-order valence-electron chi connectivity index (χ3n) is 6.42. The number of rotatable bonds is 6. The largest absolute Gasteiger partial charge is 0.416 e. The van der Waals surface area contributed by atoms with E-state index < -0.39 is 51.3 Å². The van der Waals surface area contributed by atoms with Crippen molar-refractivity contribution in [2.24, 2.45) is 5.92 Å². The van der Waals surface area contributed by atoms with E-state index in [4.69, 9.17) is 4.74 Å². The van der Waals surface area contributed by atoms with Crippen molar-refractivity contribution in [2.45, 2.75) is 36.0 Å². The van der Waals surface area contributed by atoms with Crippen molar-refractivity contribution in [2.75, 3.05) is 26.0 Å². The van der Waals surface area contributed by atoms with E-state index in [0.717, 1.165) is 18.4 Å². The van der Waals surface area contributed by atoms with Crippen LogP contribution < -0.4 is 5.32 Å². The van der Waals surface area contributed by atoms with Crippen LogP contribution in [0, 0.1) is 11.7 Å². The molecule has 1 N–H and O–H groups in total. The first-order valence-corrected chi connectivity index (χ1v) is 13.1. The maximum absolute atomic E-state index is 14.7. The predicted molar refractivity (Wildman–Crippen MR) is 120 cm³/mol. The summed E-state index contributed by atoms with van der Waals surface area (Å²) in [6, 6.07) is 5.83. The highest BCUT2D eigenvalue weighted by Crippen LogP contribution is 2.35. The van der Waals surface area contributed by atoms with Crippen molar-refractivity contribution in [3.8, 4) is 0 Å². The molecule has 2 aliphatic heterocycles. The van der Waals surface area contributed by atoms with Gasteiger partial charge in [0.25, 0.3) is 5.91 Å². The van der Waals surface area contributed by atoms with Gasteiger partial charge in [-0.05, 0) is 43.2 Å². The monoisotopic (exact) mass is 528 g/mol. The van der Waals surface area contributed by atoms with Crippen LogP contribution in [0.3, 0.4) is 0 Å². The maximum Gasteiger partial charge on any atom is 0.416 e. The standard InChI is InChI=1S/C24H24F4N2O5S/c1-36(33,34)17-5-2-4-14(10-17)23(32)30-9-3-6-20(30)22(31)29-21(15-12-35-13-15)18-8-7-16(11-19(18)25)24(26,27)28/h2,4-5,7-8,10-11,15,20-21H,3,6,9,12-13H2,1H3,(H,29,31)/t20-,21?/m1/s1. The van der Waals surface area contributed by atoms with Crippen LogP contribution in [-0.4, -0.2) is 57.2 Å². The number of carbonyl (C=O) groups excluding carboxylic acids is 2. The van der Waals surface area contributed by atoms with Crippen LogP contribution in [-0.2, 0) is 25.5 Å². The zero-order valence-electron chi connectivity index (χ0n) is 19.2. The molecule has 2 saturated heterocycles. The van der Waals surface area contributed by atoms with E-state index >= 15 is 0 Å². The van der Waals surface area contributed by atoms with Gasteiger partial charge in [0, 0.05) is 29.8 Å². The van der Waals surface area contributed by atoms with Crippen molar-refractivity contribution in [1.82, 2.24) is 10.2 Å². The van der Waals surface area contributed by atoms with Gasteiger partial charge < -0.3 is 15.0 Å². The summed E-state index contributed by atoms with van der Waals surface area (Å²) in [5.41, 5.74) is -1.13. The third-order valence-corrected chi connectivity index (χ3v) is 7.53. The van der Waals surface area contributed by atoms with Gasteiger partial charge in [-0.3, -0.25) is 9.59 Å². The Bertz CT molecular complexity index is 1280. The number of hydrogen-bond acceptors (Lipinski definition) is 5. The van der Waals surface area contributed by atoms with Crippen LogP contribution >= 0.6 is 0 Å². The summed E-state index contributed by atoms with van der Waals surface area (Å²) in [6.45, 7) is 0.639. The molecule has 0 aliphatic carbocycles. The normalized spacial score (nSPS) is 19.6. The number of hydrogen-bond donors (Lipinski definition) is 1. The second-order valence-corrected chi connectivity index (χ2v) is 11.0. The van der Waals surface area contributed by atoms with E-state index in [1.54, 1.807) is 0 Å². The summed E-state index contributed by atoms with van der Waals surface area (Å²) < 4.78 is 82.5. The van der Waals surface area contributed by atoms with E-state index in [0.29, 0.717) is 18.9 Å². The summed E-state index contributed by atoms with van der Waals surface area (Å²) in [6.07, 6.45) is -2.85. The smallest absolute Gasteiger partial charge is 0.381 e. The van der Waals surface area contributed by atoms with Gasteiger partial charge in [-0.25, -0.2) is 12.8 Å². The SMILES string of the molecule is CS(=O)(=O)c1cccc(C(=O)N2CCC[C@@H]2C(=O)NC(c2ccc(C(F)(F)F)cc2F)C2COC2)c1. The highest BCUT2D eigenvalue weighted by Gasteiger charge is 2.39. The minimum atomic E-state index is -4.71. The van der Waals surface area contributed by atoms with Gasteiger partial charge in [-0.2, -0.15) is 13.2 Å². The van der Waals surface area contributed by atoms with Crippen molar-refractivity contribution in [3.63, 3.8) is 0 Å². The Kier molecular flexibility index (Phi) is 7.11. The number of alkyl halides is 3. The van der Waals surface area contributed by atoms with Gasteiger partial charge in [-0.15, -0.1) is 0 Å². The lowest BCUT2D eigenvalue weighted by molar-refractivity contribution is -0.138. The van der Waals surface area contributed by atoms with Crippen molar-refractivity contribution < 1.29 is 40.3 Å². The molecule has 7 nitrogen and oxygen atoms in total. The number of benzene rings is 2. The summed E-state index contributed by atoms with van der Waals surface area (Å²) >= 11 is 0. The number of nitrogens with one attached hydrogen (secondary N) is 1. The second kappa shape index (κ2) is 9.81. The average molecular weight is 529 g/mol. The molecule has 2 amide bonds. The van der Waals surface area contributed by atoms with Crippen LogP contribution in [0.5, 0.6) is 0 Å². The molecule has 2 heterocycles. The molecule has 0 radical (unpaired) electrons. The molecular weight excluding hydrogens is 504 g/mol. The van der Waals surface area contributed by atoms with Crippen LogP contribution in [0.2, 0.25) is 0 Å². The third kappa shape index (κ3) is 5.39. The molecule has 0 spiro atoms. The molecule has 2 aromatic carbocycles. The lowest BCUT2D eigenvalue weighted by atomic mass is 9.90. The van der Waals surface area contributed by atoms with Gasteiger partial charge in [-0.1, -0.05) is 12.1 Å². The Labute approximate surface area is 205 Å². The predicted octanol–water partition coefficient (Wildman–Crippen LogP) is 3.36. The fraction of sp³-hybridized carbons (Fsp3) is 0.417. The Balaban J connectivity index is 1.56. The summed E-state index contributed by atoms with van der Waals surface area (Å²) in [7, 11) is -3.55. The molecule has 36 heavy (non-hydrogen) atoms. The number of halogens is 4. The Morgan fingerprint density at radius 2 is 1.86 bits per heavy atom. The molecule has 2 fully saturated rings. The summed E-state index contributed by atoms with van der Waals surface area (Å²) in [5, 5.41) is 2.72. The molecule has 2 aromatic rings. The first-order valence-electron chi connectivity index (χ1n) is 11.2. The van der Waals surface area contributed by atoms with Crippen LogP contribution in [0.1, 0.15) is 40.4 Å². The number of carbonyl (C=O) groups is 2. The number of ether oxygens (including phenoxy) is 1. The van der Waals surface area contributed by atoms with Gasteiger partial charge in [0.1, 0.15) is 11.9 Å². The van der Waals surface area contributed by atoms with E-state index in [1.807, 2.05) is 0 Å². The molecule has 0 bridgehead atoms. The minimum Gasteiger partial charge on any atom is -0.381 e. The molecule has 194 valence electrons. The van der Waals surface area contributed by atoms with E-state index in [-0.39, 0.29) is 41.7 Å². The topological polar surface area (TPSA) is 92.8 Å². The molecule has 0 aromatic heterocycles. The van der Waals surface area contributed by atoms with Gasteiger partial charge in [0.2, 0.25) is 5.91 Å². The van der Waals surface area contributed by atoms with Crippen molar-refractivity contribution in [1.29, 1.82) is 0 Å². The van der Waals surface area contributed by atoms with Crippen LogP contribution in [0.4, 0.5) is 17.6 Å². The highest BCUT2D eigenvalue weighted by molar-refractivity contribution is 7.90. The van der Waals surface area contributed by atoms with Gasteiger partial charge >= 0.3 is 6.18 Å². The first-order chi connectivity index (χ1) is 16.9. The molecule has 4 rings (SSSR count). The van der Waals surface area contributed by atoms with Crippen molar-refractivity contribution in [3.05, 3.63) is 65.0 Å². The van der Waals surface area contributed by atoms with Crippen LogP contribution in [0.25, 0.3) is 0 Å². The number of nitrogens with zero attached hydrogens (tertiary/aromatic N) is 1. The quantitative estimate of drug-likeness (QED) is 0.581. The number of likely N-dealkylation sites (tertiary alicyclic amines) is 1. The Hall–Kier alpha value is -2.99. The van der Waals surface area contributed by atoms with Gasteiger partial charge in [0.15, 0.2) is 9.84 Å². The molecular formula is C24H24F4N2O5S. The zero-order valence-corrected chi connectivity index (χ0v) is 20.0. The first kappa shape index (κ1) is 26.1. The number of amides is 2. The van der Waals surface area contributed by atoms with E-state index in [2.05, 4.69) is 5.32 Å². The average Bonchev–Trinajstić information content (AvgIpc) is 3.26. The maximum atomic E-state index is 14.7. The lowest BCUT2D eigenvalue weighted by Gasteiger charge is -2.36. The second-order valence-electron chi connectivity index (χ2n) is 8.97. The van der Waals surface area contributed by atoms with Gasteiger partial charge in [0.05, 0.1) is 29.7 Å². The lowest BCUT2D eigenvalue weighted by Crippen LogP contribution is -2.50. The molecule has 0 saturated carbocycles. The zero-order chi connectivity index (χ0) is 26.3. The van der Waals surface area contributed by atoms with E-state index in [9.17, 15) is 35.6 Å². The number of sulfone groups is 1. The fourth-order valence-electron chi connectivity index (χ4n) is 4.41. The highest BCUT2D eigenvalue weighted by atomic mass is 32.2. The fourth-order valence-corrected chi connectivity index (χ4v) is 5.08. The Morgan fingerprint density at radius 3 is 2.44 bits per heavy atom. The summed E-state index contributed by atoms with van der Waals surface area (Å²) in [4.78, 5) is 27.7. The minimum absolute atomic E-state index is 0.0311. The molecule has 1 unspecified atom stereocenters. The Morgan fingerprint density at radius 1 is 1.14 bits per heavy atom. The molecule has 2 atom stereocenters.